The number of aromatic hydroxyl groups is 1. The van der Waals surface area contributed by atoms with E-state index in [0.717, 1.165) is 0 Å². The molecule has 0 saturated heterocycles. The molecule has 0 bridgehead atoms. The average Bonchev–Trinajstić information content (AvgIpc) is 2.71. The molecule has 0 spiro atoms. The van der Waals surface area contributed by atoms with E-state index in [1.54, 1.807) is 50.4 Å². The molecule has 7 N–H and O–H groups in total. The number of phenolic OH excluding ortho intramolecular Hbond substituents is 1. The number of anilines is 1. The summed E-state index contributed by atoms with van der Waals surface area (Å²) >= 11 is 0. The fraction of sp³-hybridized carbons (Fsp3) is 0.200. The van der Waals surface area contributed by atoms with Gasteiger partial charge in [-0.3, -0.25) is 0 Å². The Kier molecular flexibility index (Phi) is 3.46. The summed E-state index contributed by atoms with van der Waals surface area (Å²) in [7, 11) is 0. The molecule has 2 aromatic rings. The van der Waals surface area contributed by atoms with Crippen molar-refractivity contribution in [1.29, 1.82) is 0 Å². The molecule has 20 heavy (non-hydrogen) atoms. The molecule has 0 unspecified atom stereocenters. The molecule has 0 atom stereocenters. The molecule has 106 valence electrons. The molecule has 0 amide bonds. The number of rotatable bonds is 3. The summed E-state index contributed by atoms with van der Waals surface area (Å²) in [4.78, 5) is 2.87. The zero-order valence-corrected chi connectivity index (χ0v) is 11.5. The molecule has 0 fully saturated rings. The lowest BCUT2D eigenvalue weighted by Crippen LogP contribution is -2.16. The predicted octanol–water partition coefficient (Wildman–Crippen LogP) is 1.99. The molecule has 0 aliphatic rings. The van der Waals surface area contributed by atoms with Gasteiger partial charge in [-0.05, 0) is 32.1 Å². The summed E-state index contributed by atoms with van der Waals surface area (Å²) in [6.07, 6.45) is 3.30. The van der Waals surface area contributed by atoms with Crippen LogP contribution in [0.25, 0.3) is 11.8 Å². The van der Waals surface area contributed by atoms with E-state index < -0.39 is 5.60 Å². The van der Waals surface area contributed by atoms with Crippen LogP contribution < -0.4 is 11.5 Å². The molecular weight excluding hydrogens is 254 g/mol. The fourth-order valence-corrected chi connectivity index (χ4v) is 2.06. The molecule has 0 radical (unpaired) electrons. The highest BCUT2D eigenvalue weighted by Gasteiger charge is 2.22. The van der Waals surface area contributed by atoms with E-state index in [4.69, 9.17) is 11.5 Å². The summed E-state index contributed by atoms with van der Waals surface area (Å²) in [5, 5.41) is 19.9. The van der Waals surface area contributed by atoms with Gasteiger partial charge in [0.05, 0.1) is 5.60 Å². The summed E-state index contributed by atoms with van der Waals surface area (Å²) in [6, 6.07) is 6.79. The van der Waals surface area contributed by atoms with Gasteiger partial charge in [-0.1, -0.05) is 12.1 Å². The third-order valence-electron chi connectivity index (χ3n) is 3.13. The number of nitrogens with two attached hydrogens (primary N) is 2. The third kappa shape index (κ3) is 2.62. The summed E-state index contributed by atoms with van der Waals surface area (Å²) in [6.45, 7) is 3.34. The van der Waals surface area contributed by atoms with Crippen LogP contribution in [0.5, 0.6) is 5.75 Å². The Morgan fingerprint density at radius 2 is 1.95 bits per heavy atom. The van der Waals surface area contributed by atoms with Gasteiger partial charge in [0, 0.05) is 28.6 Å². The number of aliphatic hydroxyl groups is 1. The van der Waals surface area contributed by atoms with E-state index in [2.05, 4.69) is 4.98 Å². The summed E-state index contributed by atoms with van der Waals surface area (Å²) < 4.78 is 0. The largest absolute Gasteiger partial charge is 0.507 e. The predicted molar refractivity (Wildman–Crippen MR) is 80.6 cm³/mol. The minimum atomic E-state index is -1.04. The van der Waals surface area contributed by atoms with Crippen LogP contribution in [-0.4, -0.2) is 15.2 Å². The number of hydrogen-bond donors (Lipinski definition) is 5. The van der Waals surface area contributed by atoms with Gasteiger partial charge < -0.3 is 26.7 Å². The maximum Gasteiger partial charge on any atom is 0.124 e. The number of aromatic amines is 1. The van der Waals surface area contributed by atoms with Crippen molar-refractivity contribution in [2.75, 3.05) is 5.73 Å². The minimum absolute atomic E-state index is 0.0974. The van der Waals surface area contributed by atoms with Crippen molar-refractivity contribution in [2.45, 2.75) is 19.4 Å². The number of nitrogen functional groups attached to an aromatic ring is 1. The average molecular weight is 273 g/mol. The first-order chi connectivity index (χ1) is 9.30. The van der Waals surface area contributed by atoms with Gasteiger partial charge in [0.2, 0.25) is 0 Å². The topological polar surface area (TPSA) is 108 Å². The van der Waals surface area contributed by atoms with Crippen LogP contribution in [0.2, 0.25) is 0 Å². The van der Waals surface area contributed by atoms with E-state index in [-0.39, 0.29) is 5.75 Å². The first-order valence-electron chi connectivity index (χ1n) is 6.26. The standard InChI is InChI=1S/C15H19N3O2/c1-15(2,20)11-8-18-14(17)10(11)7-12(16)9-5-3-4-6-13(9)19/h3-8,18-20H,16-17H2,1-2H3/b12-7-. The Morgan fingerprint density at radius 3 is 2.55 bits per heavy atom. The monoisotopic (exact) mass is 273 g/mol. The second kappa shape index (κ2) is 4.94. The number of benzene rings is 1. The Hall–Kier alpha value is -2.40. The molecule has 1 aromatic carbocycles. The highest BCUT2D eigenvalue weighted by molar-refractivity contribution is 5.85. The van der Waals surface area contributed by atoms with Gasteiger partial charge in [-0.2, -0.15) is 0 Å². The highest BCUT2D eigenvalue weighted by Crippen LogP contribution is 2.31. The molecule has 0 aliphatic carbocycles. The molecule has 1 heterocycles. The van der Waals surface area contributed by atoms with E-state index in [1.165, 1.54) is 0 Å². The van der Waals surface area contributed by atoms with Gasteiger partial charge in [-0.15, -0.1) is 0 Å². The van der Waals surface area contributed by atoms with Crippen molar-refractivity contribution >= 4 is 17.6 Å². The lowest BCUT2D eigenvalue weighted by Gasteiger charge is -2.17. The fourth-order valence-electron chi connectivity index (χ4n) is 2.06. The van der Waals surface area contributed by atoms with E-state index in [0.29, 0.717) is 28.2 Å². The van der Waals surface area contributed by atoms with Crippen molar-refractivity contribution in [3.05, 3.63) is 47.2 Å². The Labute approximate surface area is 117 Å². The second-order valence-electron chi connectivity index (χ2n) is 5.21. The first kappa shape index (κ1) is 14.0. The van der Waals surface area contributed by atoms with Gasteiger partial charge in [0.15, 0.2) is 0 Å². The van der Waals surface area contributed by atoms with Crippen LogP contribution in [-0.2, 0) is 5.60 Å². The number of aromatic nitrogens is 1. The molecule has 2 rings (SSSR count). The molecule has 1 aromatic heterocycles. The lowest BCUT2D eigenvalue weighted by atomic mass is 9.96. The number of nitrogens with one attached hydrogen (secondary N) is 1. The van der Waals surface area contributed by atoms with Crippen molar-refractivity contribution < 1.29 is 10.2 Å². The number of hydrogen-bond acceptors (Lipinski definition) is 4. The molecule has 5 nitrogen and oxygen atoms in total. The van der Waals surface area contributed by atoms with Crippen LogP contribution in [0, 0.1) is 0 Å². The minimum Gasteiger partial charge on any atom is -0.507 e. The number of H-pyrrole nitrogens is 1. The molecular formula is C15H19N3O2. The van der Waals surface area contributed by atoms with Crippen molar-refractivity contribution in [3.63, 3.8) is 0 Å². The maximum absolute atomic E-state index is 10.1. The SMILES string of the molecule is CC(C)(O)c1c[nH]c(N)c1/C=C(\N)c1ccccc1O. The number of para-hydroxylation sites is 1. The van der Waals surface area contributed by atoms with Crippen LogP contribution in [0.1, 0.15) is 30.5 Å². The van der Waals surface area contributed by atoms with Crippen molar-refractivity contribution in [3.8, 4) is 5.75 Å². The number of phenols is 1. The highest BCUT2D eigenvalue weighted by atomic mass is 16.3. The van der Waals surface area contributed by atoms with E-state index >= 15 is 0 Å². The van der Waals surface area contributed by atoms with Crippen molar-refractivity contribution in [1.82, 2.24) is 4.98 Å². The Morgan fingerprint density at radius 1 is 1.30 bits per heavy atom. The summed E-state index contributed by atoms with van der Waals surface area (Å²) in [5.41, 5.74) is 13.0. The van der Waals surface area contributed by atoms with Gasteiger partial charge in [-0.25, -0.2) is 0 Å². The normalized spacial score (nSPS) is 12.7. The van der Waals surface area contributed by atoms with Gasteiger partial charge >= 0.3 is 0 Å². The van der Waals surface area contributed by atoms with Gasteiger partial charge in [0.25, 0.3) is 0 Å². The summed E-state index contributed by atoms with van der Waals surface area (Å²) in [5.74, 6) is 0.515. The van der Waals surface area contributed by atoms with Crippen LogP contribution >= 0.6 is 0 Å². The zero-order valence-electron chi connectivity index (χ0n) is 11.5. The second-order valence-corrected chi connectivity index (χ2v) is 5.21. The van der Waals surface area contributed by atoms with E-state index in [1.807, 2.05) is 0 Å². The first-order valence-corrected chi connectivity index (χ1v) is 6.26. The quantitative estimate of drug-likeness (QED) is 0.589. The lowest BCUT2D eigenvalue weighted by molar-refractivity contribution is 0.0786. The molecule has 0 saturated carbocycles. The molecule has 5 heteroatoms. The molecule has 0 aliphatic heterocycles. The Bertz CT molecular complexity index is 651. The van der Waals surface area contributed by atoms with Crippen LogP contribution in [0.3, 0.4) is 0 Å². The Balaban J connectivity index is 2.51. The van der Waals surface area contributed by atoms with Crippen LogP contribution in [0.4, 0.5) is 5.82 Å². The smallest absolute Gasteiger partial charge is 0.124 e. The van der Waals surface area contributed by atoms with E-state index in [9.17, 15) is 10.2 Å². The van der Waals surface area contributed by atoms with Crippen LogP contribution in [0.15, 0.2) is 30.5 Å². The third-order valence-corrected chi connectivity index (χ3v) is 3.13. The zero-order chi connectivity index (χ0) is 14.9. The van der Waals surface area contributed by atoms with Gasteiger partial charge in [0.1, 0.15) is 11.6 Å². The van der Waals surface area contributed by atoms with Crippen molar-refractivity contribution in [2.24, 2.45) is 5.73 Å². The maximum atomic E-state index is 10.1.